The number of anilines is 1. The van der Waals surface area contributed by atoms with E-state index < -0.39 is 0 Å². The molecule has 0 atom stereocenters. The number of halogens is 1. The highest BCUT2D eigenvalue weighted by Crippen LogP contribution is 2.31. The van der Waals surface area contributed by atoms with Gasteiger partial charge in [0.05, 0.1) is 0 Å². The molecule has 0 fully saturated rings. The fourth-order valence-electron chi connectivity index (χ4n) is 2.22. The Morgan fingerprint density at radius 1 is 1.16 bits per heavy atom. The minimum absolute atomic E-state index is 0.643. The Morgan fingerprint density at radius 2 is 1.95 bits per heavy atom. The summed E-state index contributed by atoms with van der Waals surface area (Å²) < 4.78 is 1.91. The lowest BCUT2D eigenvalue weighted by molar-refractivity contribution is 1.16. The lowest BCUT2D eigenvalue weighted by Crippen LogP contribution is -1.95. The Morgan fingerprint density at radius 3 is 2.74 bits per heavy atom. The van der Waals surface area contributed by atoms with E-state index in [1.54, 1.807) is 0 Å². The molecule has 96 valence electrons. The van der Waals surface area contributed by atoms with Gasteiger partial charge in [0.1, 0.15) is 17.2 Å². The van der Waals surface area contributed by atoms with E-state index >= 15 is 0 Å². The molecule has 0 spiro atoms. The molecule has 1 aromatic carbocycles. The van der Waals surface area contributed by atoms with Crippen molar-refractivity contribution in [2.24, 2.45) is 0 Å². The Hall–Kier alpha value is -2.00. The second-order valence-corrected chi connectivity index (χ2v) is 5.18. The number of benzene rings is 1. The third-order valence-electron chi connectivity index (χ3n) is 3.26. The summed E-state index contributed by atoms with van der Waals surface area (Å²) in [5.41, 5.74) is 11.1. The Kier molecular flexibility index (Phi) is 2.72. The van der Waals surface area contributed by atoms with Gasteiger partial charge in [0, 0.05) is 16.8 Å². The molecule has 0 unspecified atom stereocenters. The number of fused-ring (bicyclic) bond motifs is 1. The van der Waals surface area contributed by atoms with Gasteiger partial charge >= 0.3 is 0 Å². The van der Waals surface area contributed by atoms with Crippen molar-refractivity contribution < 1.29 is 0 Å². The van der Waals surface area contributed by atoms with E-state index in [2.05, 4.69) is 4.98 Å². The standard InChI is InChI=1S/C15H14ClN3/c1-9-3-6-13-18-14(15(17)19(13)8-9)12-7-11(16)5-4-10(12)2/h3-8H,17H2,1-2H3. The van der Waals surface area contributed by atoms with Gasteiger partial charge in [-0.15, -0.1) is 0 Å². The van der Waals surface area contributed by atoms with Gasteiger partial charge < -0.3 is 5.73 Å². The Balaban J connectivity index is 2.31. The van der Waals surface area contributed by atoms with Gasteiger partial charge in [0.2, 0.25) is 0 Å². The zero-order valence-electron chi connectivity index (χ0n) is 10.8. The number of nitrogens with two attached hydrogens (primary N) is 1. The summed E-state index contributed by atoms with van der Waals surface area (Å²) in [6.45, 7) is 4.06. The fourth-order valence-corrected chi connectivity index (χ4v) is 2.39. The van der Waals surface area contributed by atoms with Gasteiger partial charge in [0.25, 0.3) is 0 Å². The zero-order chi connectivity index (χ0) is 13.6. The number of aryl methyl sites for hydroxylation is 2. The van der Waals surface area contributed by atoms with Crippen molar-refractivity contribution in [3.63, 3.8) is 0 Å². The number of imidazole rings is 1. The molecular formula is C15H14ClN3. The van der Waals surface area contributed by atoms with Gasteiger partial charge in [-0.1, -0.05) is 23.7 Å². The summed E-state index contributed by atoms with van der Waals surface area (Å²) >= 11 is 6.07. The first kappa shape index (κ1) is 12.1. The van der Waals surface area contributed by atoms with Crippen LogP contribution < -0.4 is 5.73 Å². The van der Waals surface area contributed by atoms with Crippen LogP contribution in [0, 0.1) is 13.8 Å². The average molecular weight is 272 g/mol. The molecular weight excluding hydrogens is 258 g/mol. The van der Waals surface area contributed by atoms with Crippen LogP contribution >= 0.6 is 11.6 Å². The summed E-state index contributed by atoms with van der Waals surface area (Å²) in [7, 11) is 0. The molecule has 2 heterocycles. The van der Waals surface area contributed by atoms with Gasteiger partial charge in [-0.05, 0) is 43.2 Å². The van der Waals surface area contributed by atoms with Crippen LogP contribution in [0.2, 0.25) is 5.02 Å². The van der Waals surface area contributed by atoms with E-state index in [9.17, 15) is 0 Å². The van der Waals surface area contributed by atoms with Gasteiger partial charge in [-0.3, -0.25) is 4.40 Å². The molecule has 0 saturated heterocycles. The van der Waals surface area contributed by atoms with Gasteiger partial charge in [-0.25, -0.2) is 4.98 Å². The highest BCUT2D eigenvalue weighted by Gasteiger charge is 2.13. The lowest BCUT2D eigenvalue weighted by Gasteiger charge is -2.04. The number of nitrogen functional groups attached to an aromatic ring is 1. The van der Waals surface area contributed by atoms with E-state index in [1.165, 1.54) is 0 Å². The first-order valence-corrected chi connectivity index (χ1v) is 6.45. The summed E-state index contributed by atoms with van der Waals surface area (Å²) in [5, 5.41) is 0.688. The maximum atomic E-state index is 6.22. The summed E-state index contributed by atoms with van der Waals surface area (Å²) in [6.07, 6.45) is 1.99. The first-order chi connectivity index (χ1) is 9.06. The van der Waals surface area contributed by atoms with E-state index in [-0.39, 0.29) is 0 Å². The predicted molar refractivity (Wildman–Crippen MR) is 79.5 cm³/mol. The van der Waals surface area contributed by atoms with Crippen LogP contribution in [-0.2, 0) is 0 Å². The van der Waals surface area contributed by atoms with E-state index in [1.807, 2.05) is 54.8 Å². The molecule has 0 aliphatic heterocycles. The third kappa shape index (κ3) is 1.96. The molecule has 2 aromatic heterocycles. The minimum atomic E-state index is 0.643. The summed E-state index contributed by atoms with van der Waals surface area (Å²) in [5.74, 6) is 0.643. The van der Waals surface area contributed by atoms with E-state index in [4.69, 9.17) is 17.3 Å². The smallest absolute Gasteiger partial charge is 0.139 e. The van der Waals surface area contributed by atoms with Crippen LogP contribution in [0.25, 0.3) is 16.9 Å². The Bertz CT molecular complexity index is 774. The summed E-state index contributed by atoms with van der Waals surface area (Å²) in [4.78, 5) is 4.60. The molecule has 0 aliphatic carbocycles. The van der Waals surface area contributed by atoms with E-state index in [0.29, 0.717) is 10.8 Å². The molecule has 0 saturated carbocycles. The minimum Gasteiger partial charge on any atom is -0.383 e. The molecule has 0 aliphatic rings. The van der Waals surface area contributed by atoms with Crippen molar-refractivity contribution in [2.75, 3.05) is 5.73 Å². The van der Waals surface area contributed by atoms with Crippen molar-refractivity contribution in [1.29, 1.82) is 0 Å². The molecule has 3 rings (SSSR count). The SMILES string of the molecule is Cc1ccc2nc(-c3cc(Cl)ccc3C)c(N)n2c1. The van der Waals surface area contributed by atoms with Crippen molar-refractivity contribution in [3.05, 3.63) is 52.7 Å². The number of rotatable bonds is 1. The van der Waals surface area contributed by atoms with Crippen molar-refractivity contribution in [2.45, 2.75) is 13.8 Å². The molecule has 3 aromatic rings. The number of aromatic nitrogens is 2. The Labute approximate surface area is 116 Å². The molecule has 2 N–H and O–H groups in total. The van der Waals surface area contributed by atoms with Crippen LogP contribution in [0.5, 0.6) is 0 Å². The normalized spacial score (nSPS) is 11.1. The highest BCUT2D eigenvalue weighted by atomic mass is 35.5. The molecule has 3 nitrogen and oxygen atoms in total. The molecule has 19 heavy (non-hydrogen) atoms. The number of hydrogen-bond acceptors (Lipinski definition) is 2. The van der Waals surface area contributed by atoms with Crippen LogP contribution in [0.4, 0.5) is 5.82 Å². The van der Waals surface area contributed by atoms with Crippen molar-refractivity contribution in [3.8, 4) is 11.3 Å². The van der Waals surface area contributed by atoms with Crippen LogP contribution in [0.1, 0.15) is 11.1 Å². The largest absolute Gasteiger partial charge is 0.383 e. The van der Waals surface area contributed by atoms with Crippen molar-refractivity contribution in [1.82, 2.24) is 9.38 Å². The second-order valence-electron chi connectivity index (χ2n) is 4.74. The second kappa shape index (κ2) is 4.28. The third-order valence-corrected chi connectivity index (χ3v) is 3.49. The monoisotopic (exact) mass is 271 g/mol. The molecule has 0 bridgehead atoms. The molecule has 0 amide bonds. The maximum Gasteiger partial charge on any atom is 0.139 e. The van der Waals surface area contributed by atoms with Crippen molar-refractivity contribution >= 4 is 23.1 Å². The van der Waals surface area contributed by atoms with Crippen LogP contribution in [0.3, 0.4) is 0 Å². The van der Waals surface area contributed by atoms with Gasteiger partial charge in [-0.2, -0.15) is 0 Å². The quantitative estimate of drug-likeness (QED) is 0.730. The zero-order valence-corrected chi connectivity index (χ0v) is 11.6. The van der Waals surface area contributed by atoms with Gasteiger partial charge in [0.15, 0.2) is 0 Å². The number of nitrogens with zero attached hydrogens (tertiary/aromatic N) is 2. The molecule has 4 heteroatoms. The maximum absolute atomic E-state index is 6.22. The number of pyridine rings is 1. The van der Waals surface area contributed by atoms with Crippen LogP contribution in [-0.4, -0.2) is 9.38 Å². The fraction of sp³-hybridized carbons (Fsp3) is 0.133. The highest BCUT2D eigenvalue weighted by molar-refractivity contribution is 6.30. The first-order valence-electron chi connectivity index (χ1n) is 6.07. The number of hydrogen-bond donors (Lipinski definition) is 1. The topological polar surface area (TPSA) is 43.3 Å². The van der Waals surface area contributed by atoms with Crippen LogP contribution in [0.15, 0.2) is 36.5 Å². The average Bonchev–Trinajstić information content (AvgIpc) is 2.70. The van der Waals surface area contributed by atoms with E-state index in [0.717, 1.165) is 28.0 Å². The molecule has 0 radical (unpaired) electrons. The predicted octanol–water partition coefficient (Wildman–Crippen LogP) is 3.85. The summed E-state index contributed by atoms with van der Waals surface area (Å²) in [6, 6.07) is 9.75. The lowest BCUT2D eigenvalue weighted by atomic mass is 10.1.